The van der Waals surface area contributed by atoms with Crippen LogP contribution in [0.5, 0.6) is 0 Å². The van der Waals surface area contributed by atoms with Crippen LogP contribution in [-0.4, -0.2) is 5.75 Å². The highest BCUT2D eigenvalue weighted by Gasteiger charge is 1.87. The van der Waals surface area contributed by atoms with E-state index in [0.717, 1.165) is 5.75 Å². The second kappa shape index (κ2) is 9.66. The molecule has 0 N–H and O–H groups in total. The average Bonchev–Trinajstić information content (AvgIpc) is 2.18. The Kier molecular flexibility index (Phi) is 9.34. The van der Waals surface area contributed by atoms with Crippen LogP contribution in [0.15, 0.2) is 30.3 Å². The molecule has 0 aliphatic heterocycles. The van der Waals surface area contributed by atoms with Crippen LogP contribution < -0.4 is 0 Å². The van der Waals surface area contributed by atoms with Crippen LogP contribution in [0.2, 0.25) is 0 Å². The molecule has 0 bridgehead atoms. The Morgan fingerprint density at radius 1 is 1.00 bits per heavy atom. The lowest BCUT2D eigenvalue weighted by atomic mass is 10.2. The van der Waals surface area contributed by atoms with Gasteiger partial charge in [0.2, 0.25) is 0 Å². The average molecular weight is 196 g/mol. The Balaban J connectivity index is 0.000000424. The third-order valence-electron chi connectivity index (χ3n) is 1.32. The SMILES string of the molecule is CCC.CCSCc1ccccc1. The first kappa shape index (κ1) is 12.6. The van der Waals surface area contributed by atoms with E-state index in [1.165, 1.54) is 17.7 Å². The molecule has 13 heavy (non-hydrogen) atoms. The van der Waals surface area contributed by atoms with Gasteiger partial charge in [-0.3, -0.25) is 0 Å². The van der Waals surface area contributed by atoms with Crippen LogP contribution in [0.1, 0.15) is 32.8 Å². The summed E-state index contributed by atoms with van der Waals surface area (Å²) >= 11 is 1.96. The molecule has 0 radical (unpaired) electrons. The van der Waals surface area contributed by atoms with Crippen molar-refractivity contribution < 1.29 is 0 Å². The van der Waals surface area contributed by atoms with E-state index in [2.05, 4.69) is 51.1 Å². The maximum Gasteiger partial charge on any atom is 0.0184 e. The van der Waals surface area contributed by atoms with Gasteiger partial charge in [-0.15, -0.1) is 0 Å². The van der Waals surface area contributed by atoms with E-state index in [4.69, 9.17) is 0 Å². The van der Waals surface area contributed by atoms with E-state index < -0.39 is 0 Å². The molecule has 0 saturated carbocycles. The molecule has 0 aliphatic carbocycles. The van der Waals surface area contributed by atoms with Crippen molar-refractivity contribution in [2.45, 2.75) is 32.9 Å². The van der Waals surface area contributed by atoms with E-state index in [1.54, 1.807) is 0 Å². The highest BCUT2D eigenvalue weighted by Crippen LogP contribution is 2.09. The van der Waals surface area contributed by atoms with Crippen LogP contribution in [0.25, 0.3) is 0 Å². The molecule has 0 unspecified atom stereocenters. The molecule has 0 heterocycles. The van der Waals surface area contributed by atoms with Crippen LogP contribution in [0, 0.1) is 0 Å². The second-order valence-electron chi connectivity index (χ2n) is 2.83. The minimum absolute atomic E-state index is 1.15. The molecule has 0 nitrogen and oxygen atoms in total. The van der Waals surface area contributed by atoms with Gasteiger partial charge < -0.3 is 0 Å². The molecule has 74 valence electrons. The zero-order valence-electron chi connectivity index (χ0n) is 8.92. The van der Waals surface area contributed by atoms with E-state index in [0.29, 0.717) is 0 Å². The standard InChI is InChI=1S/C9H12S.C3H8/c1-2-10-8-9-6-4-3-5-7-9;1-3-2/h3-7H,2,8H2,1H3;3H2,1-2H3. The second-order valence-corrected chi connectivity index (χ2v) is 4.10. The van der Waals surface area contributed by atoms with Gasteiger partial charge in [-0.25, -0.2) is 0 Å². The molecule has 0 amide bonds. The Morgan fingerprint density at radius 3 is 2.00 bits per heavy atom. The predicted octanol–water partition coefficient (Wildman–Crippen LogP) is 4.36. The van der Waals surface area contributed by atoms with Crippen molar-refractivity contribution in [3.8, 4) is 0 Å². The highest BCUT2D eigenvalue weighted by atomic mass is 32.2. The molecule has 0 spiro atoms. The third kappa shape index (κ3) is 7.92. The summed E-state index contributed by atoms with van der Waals surface area (Å²) in [4.78, 5) is 0. The summed E-state index contributed by atoms with van der Waals surface area (Å²) < 4.78 is 0. The smallest absolute Gasteiger partial charge is 0.0184 e. The quantitative estimate of drug-likeness (QED) is 0.692. The molecule has 1 heteroatoms. The van der Waals surface area contributed by atoms with Gasteiger partial charge >= 0.3 is 0 Å². The first-order valence-corrected chi connectivity index (χ1v) is 6.12. The van der Waals surface area contributed by atoms with E-state index in [-0.39, 0.29) is 0 Å². The number of hydrogen-bond acceptors (Lipinski definition) is 1. The summed E-state index contributed by atoms with van der Waals surface area (Å²) in [5, 5.41) is 0. The number of rotatable bonds is 3. The van der Waals surface area contributed by atoms with Crippen LogP contribution in [0.3, 0.4) is 0 Å². The van der Waals surface area contributed by atoms with Gasteiger partial charge in [0.1, 0.15) is 0 Å². The summed E-state index contributed by atoms with van der Waals surface area (Å²) in [6.45, 7) is 6.44. The predicted molar refractivity (Wildman–Crippen MR) is 64.2 cm³/mol. The summed E-state index contributed by atoms with van der Waals surface area (Å²) in [5.41, 5.74) is 1.43. The molecule has 1 aromatic rings. The monoisotopic (exact) mass is 196 g/mol. The van der Waals surface area contributed by atoms with Crippen LogP contribution in [-0.2, 0) is 5.75 Å². The topological polar surface area (TPSA) is 0 Å². The highest BCUT2D eigenvalue weighted by molar-refractivity contribution is 7.98. The molecule has 0 fully saturated rings. The van der Waals surface area contributed by atoms with Crippen LogP contribution in [0.4, 0.5) is 0 Å². The normalized spacial score (nSPS) is 8.85. The fourth-order valence-electron chi connectivity index (χ4n) is 0.794. The van der Waals surface area contributed by atoms with Gasteiger partial charge in [0.15, 0.2) is 0 Å². The fraction of sp³-hybridized carbons (Fsp3) is 0.500. The zero-order chi connectivity index (χ0) is 9.94. The molecule has 0 aliphatic rings. The van der Waals surface area contributed by atoms with Crippen LogP contribution >= 0.6 is 11.8 Å². The molecular weight excluding hydrogens is 176 g/mol. The lowest BCUT2D eigenvalue weighted by Crippen LogP contribution is -1.77. The first-order chi connectivity index (χ1) is 6.35. The number of hydrogen-bond donors (Lipinski definition) is 0. The van der Waals surface area contributed by atoms with Gasteiger partial charge in [-0.1, -0.05) is 57.5 Å². The fourth-order valence-corrected chi connectivity index (χ4v) is 1.43. The van der Waals surface area contributed by atoms with E-state index in [9.17, 15) is 0 Å². The first-order valence-electron chi connectivity index (χ1n) is 4.96. The zero-order valence-corrected chi connectivity index (χ0v) is 9.73. The van der Waals surface area contributed by atoms with E-state index in [1.807, 2.05) is 11.8 Å². The number of benzene rings is 1. The van der Waals surface area contributed by atoms with Crippen molar-refractivity contribution >= 4 is 11.8 Å². The lowest BCUT2D eigenvalue weighted by molar-refractivity contribution is 1.09. The maximum absolute atomic E-state index is 2.19. The minimum atomic E-state index is 1.15. The summed E-state index contributed by atoms with van der Waals surface area (Å²) in [5.74, 6) is 2.35. The summed E-state index contributed by atoms with van der Waals surface area (Å²) in [6, 6.07) is 10.6. The van der Waals surface area contributed by atoms with Crippen molar-refractivity contribution in [1.29, 1.82) is 0 Å². The molecule has 0 saturated heterocycles. The van der Waals surface area contributed by atoms with Gasteiger partial charge in [-0.2, -0.15) is 11.8 Å². The van der Waals surface area contributed by atoms with Crippen molar-refractivity contribution in [2.75, 3.05) is 5.75 Å². The molecular formula is C12H20S. The lowest BCUT2D eigenvalue weighted by Gasteiger charge is -1.96. The molecule has 0 aromatic heterocycles. The van der Waals surface area contributed by atoms with Crippen molar-refractivity contribution in [2.24, 2.45) is 0 Å². The van der Waals surface area contributed by atoms with Gasteiger partial charge in [-0.05, 0) is 11.3 Å². The van der Waals surface area contributed by atoms with Gasteiger partial charge in [0.25, 0.3) is 0 Å². The maximum atomic E-state index is 2.19. The molecule has 1 aromatic carbocycles. The minimum Gasteiger partial charge on any atom is -0.157 e. The summed E-state index contributed by atoms with van der Waals surface area (Å²) in [7, 11) is 0. The largest absolute Gasteiger partial charge is 0.157 e. The van der Waals surface area contributed by atoms with Gasteiger partial charge in [0, 0.05) is 5.75 Å². The van der Waals surface area contributed by atoms with E-state index >= 15 is 0 Å². The Hall–Kier alpha value is -0.430. The summed E-state index contributed by atoms with van der Waals surface area (Å²) in [6.07, 6.45) is 1.25. The Bertz CT molecular complexity index is 182. The Labute approximate surface area is 86.7 Å². The molecule has 1 rings (SSSR count). The van der Waals surface area contributed by atoms with Gasteiger partial charge in [0.05, 0.1) is 0 Å². The number of thioether (sulfide) groups is 1. The van der Waals surface area contributed by atoms with Crippen molar-refractivity contribution in [3.63, 3.8) is 0 Å². The molecule has 0 atom stereocenters. The third-order valence-corrected chi connectivity index (χ3v) is 2.26. The van der Waals surface area contributed by atoms with Crippen molar-refractivity contribution in [3.05, 3.63) is 35.9 Å². The Morgan fingerprint density at radius 2 is 1.54 bits per heavy atom. The van der Waals surface area contributed by atoms with Crippen molar-refractivity contribution in [1.82, 2.24) is 0 Å².